The van der Waals surface area contributed by atoms with Gasteiger partial charge in [-0.15, -0.1) is 0 Å². The van der Waals surface area contributed by atoms with Gasteiger partial charge >= 0.3 is 0 Å². The Balaban J connectivity index is 1.96. The minimum absolute atomic E-state index is 0.567. The molecule has 0 aliphatic carbocycles. The van der Waals surface area contributed by atoms with Crippen molar-refractivity contribution in [3.05, 3.63) is 34.9 Å². The molecule has 1 aromatic carbocycles. The van der Waals surface area contributed by atoms with Crippen molar-refractivity contribution < 1.29 is 4.74 Å². The first-order chi connectivity index (χ1) is 7.31. The Labute approximate surface area is 95.8 Å². The molecule has 1 unspecified atom stereocenters. The van der Waals surface area contributed by atoms with Crippen LogP contribution in [0.25, 0.3) is 0 Å². The van der Waals surface area contributed by atoms with Crippen LogP contribution in [0.15, 0.2) is 24.3 Å². The van der Waals surface area contributed by atoms with Gasteiger partial charge in [-0.05, 0) is 24.1 Å². The molecular formula is C12H16ClNO. The van der Waals surface area contributed by atoms with Gasteiger partial charge in [-0.25, -0.2) is 0 Å². The van der Waals surface area contributed by atoms with Crippen molar-refractivity contribution in [3.63, 3.8) is 0 Å². The molecule has 0 spiro atoms. The zero-order valence-electron chi connectivity index (χ0n) is 8.95. The van der Waals surface area contributed by atoms with Crippen LogP contribution in [0.1, 0.15) is 18.0 Å². The van der Waals surface area contributed by atoms with Crippen LogP contribution in [0, 0.1) is 0 Å². The van der Waals surface area contributed by atoms with E-state index in [0.29, 0.717) is 6.04 Å². The predicted molar refractivity (Wildman–Crippen MR) is 62.3 cm³/mol. The highest BCUT2D eigenvalue weighted by Crippen LogP contribution is 2.33. The average Bonchev–Trinajstić information content (AvgIpc) is 2.20. The summed E-state index contributed by atoms with van der Waals surface area (Å²) in [6.07, 6.45) is 1.24. The Kier molecular flexibility index (Phi) is 3.62. The third-order valence-corrected chi connectivity index (χ3v) is 3.22. The molecule has 1 fully saturated rings. The Hall–Kier alpha value is -0.570. The molecule has 0 saturated carbocycles. The van der Waals surface area contributed by atoms with E-state index in [1.54, 1.807) is 7.11 Å². The third kappa shape index (κ3) is 2.51. The quantitative estimate of drug-likeness (QED) is 0.782. The van der Waals surface area contributed by atoms with Gasteiger partial charge in [0.1, 0.15) is 0 Å². The molecule has 1 aliphatic heterocycles. The van der Waals surface area contributed by atoms with Crippen LogP contribution in [-0.2, 0) is 4.74 Å². The van der Waals surface area contributed by atoms with Gasteiger partial charge in [-0.2, -0.15) is 0 Å². The van der Waals surface area contributed by atoms with E-state index in [0.717, 1.165) is 18.2 Å². The van der Waals surface area contributed by atoms with E-state index in [2.05, 4.69) is 17.0 Å². The SMILES string of the molecule is COCCN1CCC1c1ccc(Cl)cc1. The van der Waals surface area contributed by atoms with Crippen LogP contribution in [0.3, 0.4) is 0 Å². The molecule has 1 aromatic rings. The van der Waals surface area contributed by atoms with Gasteiger partial charge in [0.25, 0.3) is 0 Å². The summed E-state index contributed by atoms with van der Waals surface area (Å²) in [6, 6.07) is 8.73. The third-order valence-electron chi connectivity index (χ3n) is 2.97. The predicted octanol–water partition coefficient (Wildman–Crippen LogP) is 2.73. The number of benzene rings is 1. The van der Waals surface area contributed by atoms with E-state index in [4.69, 9.17) is 16.3 Å². The maximum absolute atomic E-state index is 5.86. The lowest BCUT2D eigenvalue weighted by Crippen LogP contribution is -2.42. The zero-order chi connectivity index (χ0) is 10.7. The van der Waals surface area contributed by atoms with E-state index in [1.807, 2.05) is 12.1 Å². The van der Waals surface area contributed by atoms with Crippen LogP contribution < -0.4 is 0 Å². The summed E-state index contributed by atoms with van der Waals surface area (Å²) in [5.74, 6) is 0. The molecule has 82 valence electrons. The lowest BCUT2D eigenvalue weighted by atomic mass is 9.95. The molecule has 2 nitrogen and oxygen atoms in total. The first-order valence-electron chi connectivity index (χ1n) is 5.29. The number of halogens is 1. The Bertz CT molecular complexity index is 312. The number of methoxy groups -OCH3 is 1. The molecule has 0 N–H and O–H groups in total. The molecule has 1 atom stereocenters. The monoisotopic (exact) mass is 225 g/mol. The van der Waals surface area contributed by atoms with Crippen molar-refractivity contribution in [1.29, 1.82) is 0 Å². The first-order valence-corrected chi connectivity index (χ1v) is 5.67. The van der Waals surface area contributed by atoms with Crippen LogP contribution in [0.4, 0.5) is 0 Å². The van der Waals surface area contributed by atoms with Gasteiger partial charge in [0.05, 0.1) is 6.61 Å². The standard InChI is InChI=1S/C12H16ClNO/c1-15-9-8-14-7-6-12(14)10-2-4-11(13)5-3-10/h2-5,12H,6-9H2,1H3. The molecule has 1 aliphatic rings. The normalized spacial score (nSPS) is 21.3. The Morgan fingerprint density at radius 3 is 2.67 bits per heavy atom. The van der Waals surface area contributed by atoms with Gasteiger partial charge in [0.15, 0.2) is 0 Å². The minimum Gasteiger partial charge on any atom is -0.383 e. The lowest BCUT2D eigenvalue weighted by molar-refractivity contribution is 0.0552. The van der Waals surface area contributed by atoms with Crippen molar-refractivity contribution >= 4 is 11.6 Å². The molecule has 0 bridgehead atoms. The smallest absolute Gasteiger partial charge is 0.0589 e. The number of hydrogen-bond acceptors (Lipinski definition) is 2. The fourth-order valence-corrected chi connectivity index (χ4v) is 2.11. The van der Waals surface area contributed by atoms with Gasteiger partial charge in [-0.1, -0.05) is 23.7 Å². The summed E-state index contributed by atoms with van der Waals surface area (Å²) >= 11 is 5.86. The van der Waals surface area contributed by atoms with E-state index in [1.165, 1.54) is 18.5 Å². The number of hydrogen-bond donors (Lipinski definition) is 0. The largest absolute Gasteiger partial charge is 0.383 e. The number of nitrogens with zero attached hydrogens (tertiary/aromatic N) is 1. The molecule has 0 radical (unpaired) electrons. The second kappa shape index (κ2) is 4.97. The second-order valence-corrected chi connectivity index (χ2v) is 4.32. The number of likely N-dealkylation sites (tertiary alicyclic amines) is 1. The first kappa shape index (κ1) is 10.9. The van der Waals surface area contributed by atoms with Crippen LogP contribution in [-0.4, -0.2) is 31.7 Å². The number of rotatable bonds is 4. The Morgan fingerprint density at radius 1 is 1.40 bits per heavy atom. The zero-order valence-corrected chi connectivity index (χ0v) is 9.70. The fourth-order valence-electron chi connectivity index (χ4n) is 1.98. The highest BCUT2D eigenvalue weighted by atomic mass is 35.5. The second-order valence-electron chi connectivity index (χ2n) is 3.88. The van der Waals surface area contributed by atoms with Crippen LogP contribution >= 0.6 is 11.6 Å². The minimum atomic E-state index is 0.567. The molecule has 0 amide bonds. The lowest BCUT2D eigenvalue weighted by Gasteiger charge is -2.41. The molecular weight excluding hydrogens is 210 g/mol. The van der Waals surface area contributed by atoms with E-state index in [-0.39, 0.29) is 0 Å². The molecule has 0 aromatic heterocycles. The highest BCUT2D eigenvalue weighted by molar-refractivity contribution is 6.30. The van der Waals surface area contributed by atoms with Gasteiger partial charge in [-0.3, -0.25) is 4.90 Å². The molecule has 1 heterocycles. The molecule has 1 saturated heterocycles. The van der Waals surface area contributed by atoms with E-state index >= 15 is 0 Å². The average molecular weight is 226 g/mol. The van der Waals surface area contributed by atoms with Crippen molar-refractivity contribution in [1.82, 2.24) is 4.90 Å². The Morgan fingerprint density at radius 2 is 2.13 bits per heavy atom. The van der Waals surface area contributed by atoms with Gasteiger partial charge in [0, 0.05) is 31.3 Å². The summed E-state index contributed by atoms with van der Waals surface area (Å²) in [6.45, 7) is 3.00. The summed E-state index contributed by atoms with van der Waals surface area (Å²) in [5.41, 5.74) is 1.36. The number of ether oxygens (including phenoxy) is 1. The van der Waals surface area contributed by atoms with Crippen LogP contribution in [0.5, 0.6) is 0 Å². The maximum Gasteiger partial charge on any atom is 0.0589 e. The van der Waals surface area contributed by atoms with E-state index in [9.17, 15) is 0 Å². The molecule has 15 heavy (non-hydrogen) atoms. The van der Waals surface area contributed by atoms with Crippen LogP contribution in [0.2, 0.25) is 5.02 Å². The highest BCUT2D eigenvalue weighted by Gasteiger charge is 2.28. The van der Waals surface area contributed by atoms with Gasteiger partial charge in [0.2, 0.25) is 0 Å². The van der Waals surface area contributed by atoms with Crippen molar-refractivity contribution in [2.75, 3.05) is 26.8 Å². The van der Waals surface area contributed by atoms with Crippen molar-refractivity contribution in [3.8, 4) is 0 Å². The maximum atomic E-state index is 5.86. The van der Waals surface area contributed by atoms with Gasteiger partial charge < -0.3 is 4.74 Å². The summed E-state index contributed by atoms with van der Waals surface area (Å²) in [4.78, 5) is 2.44. The van der Waals surface area contributed by atoms with Crippen molar-refractivity contribution in [2.45, 2.75) is 12.5 Å². The van der Waals surface area contributed by atoms with E-state index < -0.39 is 0 Å². The summed E-state index contributed by atoms with van der Waals surface area (Å²) in [7, 11) is 1.75. The molecule has 3 heteroatoms. The molecule has 2 rings (SSSR count). The topological polar surface area (TPSA) is 12.5 Å². The van der Waals surface area contributed by atoms with Crippen molar-refractivity contribution in [2.24, 2.45) is 0 Å². The summed E-state index contributed by atoms with van der Waals surface area (Å²) in [5, 5.41) is 0.807. The summed E-state index contributed by atoms with van der Waals surface area (Å²) < 4.78 is 5.09. The fraction of sp³-hybridized carbons (Fsp3) is 0.500.